The molecule has 9 heteroatoms. The second-order valence-electron chi connectivity index (χ2n) is 6.85. The summed E-state index contributed by atoms with van der Waals surface area (Å²) in [5.41, 5.74) is 3.15. The SMILES string of the molecule is O=C(Nc1nc(-c2cccc([N+](=O)[O-])c2)cs1)c1cc(-c2cccs2)nc2ccccc12. The third-order valence-corrected chi connectivity index (χ3v) is 6.46. The summed E-state index contributed by atoms with van der Waals surface area (Å²) in [6, 6.07) is 19.5. The number of hydrogen-bond donors (Lipinski definition) is 1. The van der Waals surface area contributed by atoms with Crippen LogP contribution in [0.4, 0.5) is 10.8 Å². The summed E-state index contributed by atoms with van der Waals surface area (Å²) in [5, 5.41) is 18.8. The average Bonchev–Trinajstić information content (AvgIpc) is 3.51. The van der Waals surface area contributed by atoms with Crippen molar-refractivity contribution in [2.75, 3.05) is 5.32 Å². The predicted octanol–water partition coefficient (Wildman–Crippen LogP) is 6.25. The number of hydrogen-bond acceptors (Lipinski definition) is 7. The van der Waals surface area contributed by atoms with Gasteiger partial charge in [0, 0.05) is 28.5 Å². The molecule has 3 heterocycles. The van der Waals surface area contributed by atoms with Gasteiger partial charge < -0.3 is 0 Å². The summed E-state index contributed by atoms with van der Waals surface area (Å²) < 4.78 is 0. The second-order valence-corrected chi connectivity index (χ2v) is 8.65. The van der Waals surface area contributed by atoms with Gasteiger partial charge in [0.25, 0.3) is 11.6 Å². The predicted molar refractivity (Wildman–Crippen MR) is 127 cm³/mol. The summed E-state index contributed by atoms with van der Waals surface area (Å²) in [7, 11) is 0. The van der Waals surface area contributed by atoms with E-state index in [1.54, 1.807) is 34.9 Å². The van der Waals surface area contributed by atoms with Crippen LogP contribution in [0.3, 0.4) is 0 Å². The first-order valence-corrected chi connectivity index (χ1v) is 11.3. The van der Waals surface area contributed by atoms with Gasteiger partial charge in [0.1, 0.15) is 0 Å². The second kappa shape index (κ2) is 8.29. The van der Waals surface area contributed by atoms with Crippen molar-refractivity contribution in [3.8, 4) is 21.8 Å². The van der Waals surface area contributed by atoms with Gasteiger partial charge in [-0.25, -0.2) is 9.97 Å². The molecule has 0 aliphatic carbocycles. The van der Waals surface area contributed by atoms with Gasteiger partial charge in [0.2, 0.25) is 0 Å². The molecule has 0 spiro atoms. The lowest BCUT2D eigenvalue weighted by molar-refractivity contribution is -0.384. The molecule has 5 rings (SSSR count). The van der Waals surface area contributed by atoms with E-state index in [0.29, 0.717) is 22.0 Å². The molecule has 32 heavy (non-hydrogen) atoms. The number of rotatable bonds is 5. The smallest absolute Gasteiger partial charge is 0.270 e. The number of nitrogens with zero attached hydrogens (tertiary/aromatic N) is 3. The third kappa shape index (κ3) is 3.86. The maximum atomic E-state index is 13.2. The summed E-state index contributed by atoms with van der Waals surface area (Å²) in [5.74, 6) is -0.290. The van der Waals surface area contributed by atoms with Crippen LogP contribution >= 0.6 is 22.7 Å². The standard InChI is InChI=1S/C23H14N4O3S2/c28-22(26-23-25-20(13-32-23)14-5-3-6-15(11-14)27(29)30)17-12-19(21-9-4-10-31-21)24-18-8-2-1-7-16(17)18/h1-13H,(H,25,26,28). The number of benzene rings is 2. The zero-order valence-electron chi connectivity index (χ0n) is 16.4. The number of thiazole rings is 1. The quantitative estimate of drug-likeness (QED) is 0.248. The molecule has 0 atom stereocenters. The van der Waals surface area contributed by atoms with Crippen molar-refractivity contribution in [1.29, 1.82) is 0 Å². The number of pyridine rings is 1. The molecule has 0 saturated carbocycles. The minimum Gasteiger partial charge on any atom is -0.298 e. The molecule has 156 valence electrons. The van der Waals surface area contributed by atoms with Gasteiger partial charge in [-0.2, -0.15) is 0 Å². The van der Waals surface area contributed by atoms with E-state index in [-0.39, 0.29) is 11.6 Å². The first-order chi connectivity index (χ1) is 15.6. The molecule has 1 amide bonds. The van der Waals surface area contributed by atoms with E-state index in [0.717, 1.165) is 21.5 Å². The van der Waals surface area contributed by atoms with Gasteiger partial charge in [0.15, 0.2) is 5.13 Å². The van der Waals surface area contributed by atoms with Gasteiger partial charge in [0.05, 0.1) is 32.3 Å². The Morgan fingerprint density at radius 1 is 0.938 bits per heavy atom. The summed E-state index contributed by atoms with van der Waals surface area (Å²) in [4.78, 5) is 33.9. The van der Waals surface area contributed by atoms with E-state index in [9.17, 15) is 14.9 Å². The number of anilines is 1. The van der Waals surface area contributed by atoms with Crippen molar-refractivity contribution in [2.45, 2.75) is 0 Å². The maximum absolute atomic E-state index is 13.2. The molecule has 0 fully saturated rings. The first-order valence-electron chi connectivity index (χ1n) is 9.54. The number of nitrogens with one attached hydrogen (secondary N) is 1. The van der Waals surface area contributed by atoms with Crippen LogP contribution in [0.2, 0.25) is 0 Å². The lowest BCUT2D eigenvalue weighted by Crippen LogP contribution is -2.13. The van der Waals surface area contributed by atoms with Gasteiger partial charge in [-0.05, 0) is 23.6 Å². The van der Waals surface area contributed by atoms with E-state index >= 15 is 0 Å². The molecule has 0 aliphatic rings. The fourth-order valence-electron chi connectivity index (χ4n) is 3.32. The molecule has 0 radical (unpaired) electrons. The number of nitro benzene ring substituents is 1. The van der Waals surface area contributed by atoms with Gasteiger partial charge in [-0.15, -0.1) is 22.7 Å². The summed E-state index contributed by atoms with van der Waals surface area (Å²) in [6.45, 7) is 0. The van der Waals surface area contributed by atoms with Crippen molar-refractivity contribution in [1.82, 2.24) is 9.97 Å². The summed E-state index contributed by atoms with van der Waals surface area (Å²) in [6.07, 6.45) is 0. The van der Waals surface area contributed by atoms with Crippen molar-refractivity contribution in [3.05, 3.63) is 93.2 Å². The number of thiophene rings is 1. The Balaban J connectivity index is 1.47. The highest BCUT2D eigenvalue weighted by atomic mass is 32.1. The zero-order chi connectivity index (χ0) is 22.1. The van der Waals surface area contributed by atoms with Gasteiger partial charge >= 0.3 is 0 Å². The Morgan fingerprint density at radius 3 is 2.62 bits per heavy atom. The van der Waals surface area contributed by atoms with E-state index in [1.807, 2.05) is 41.8 Å². The van der Waals surface area contributed by atoms with Crippen LogP contribution in [-0.4, -0.2) is 20.8 Å². The Labute approximate surface area is 190 Å². The fraction of sp³-hybridized carbons (Fsp3) is 0. The van der Waals surface area contributed by atoms with Crippen LogP contribution in [0.25, 0.3) is 32.7 Å². The third-order valence-electron chi connectivity index (χ3n) is 4.81. The zero-order valence-corrected chi connectivity index (χ0v) is 18.0. The van der Waals surface area contributed by atoms with E-state index in [2.05, 4.69) is 10.3 Å². The average molecular weight is 459 g/mol. The summed E-state index contributed by atoms with van der Waals surface area (Å²) >= 11 is 2.82. The molecule has 2 aromatic carbocycles. The Morgan fingerprint density at radius 2 is 1.81 bits per heavy atom. The lowest BCUT2D eigenvalue weighted by atomic mass is 10.1. The fourth-order valence-corrected chi connectivity index (χ4v) is 4.72. The number of carbonyl (C=O) groups is 1. The number of non-ortho nitro benzene ring substituents is 1. The topological polar surface area (TPSA) is 98.0 Å². The Hall–Kier alpha value is -3.95. The Bertz CT molecular complexity index is 1460. The van der Waals surface area contributed by atoms with E-state index in [4.69, 9.17) is 4.98 Å². The van der Waals surface area contributed by atoms with Gasteiger partial charge in [-0.3, -0.25) is 20.2 Å². The van der Waals surface area contributed by atoms with Crippen LogP contribution in [-0.2, 0) is 0 Å². The number of para-hydroxylation sites is 1. The lowest BCUT2D eigenvalue weighted by Gasteiger charge is -2.08. The number of fused-ring (bicyclic) bond motifs is 1. The van der Waals surface area contributed by atoms with Crippen LogP contribution in [0.15, 0.2) is 77.5 Å². The van der Waals surface area contributed by atoms with E-state index in [1.165, 1.54) is 23.5 Å². The molecular weight excluding hydrogens is 444 g/mol. The van der Waals surface area contributed by atoms with Crippen molar-refractivity contribution in [2.24, 2.45) is 0 Å². The van der Waals surface area contributed by atoms with Crippen LogP contribution < -0.4 is 5.32 Å². The molecular formula is C23H14N4O3S2. The number of aromatic nitrogens is 2. The van der Waals surface area contributed by atoms with Crippen LogP contribution in [0.1, 0.15) is 10.4 Å². The van der Waals surface area contributed by atoms with Crippen molar-refractivity contribution < 1.29 is 9.72 Å². The largest absolute Gasteiger partial charge is 0.298 e. The molecule has 7 nitrogen and oxygen atoms in total. The monoisotopic (exact) mass is 458 g/mol. The maximum Gasteiger partial charge on any atom is 0.270 e. The van der Waals surface area contributed by atoms with Crippen LogP contribution in [0.5, 0.6) is 0 Å². The van der Waals surface area contributed by atoms with Crippen LogP contribution in [0, 0.1) is 10.1 Å². The molecule has 3 aromatic heterocycles. The number of carbonyl (C=O) groups excluding carboxylic acids is 1. The van der Waals surface area contributed by atoms with Crippen molar-refractivity contribution in [3.63, 3.8) is 0 Å². The van der Waals surface area contributed by atoms with Gasteiger partial charge in [-0.1, -0.05) is 36.4 Å². The minimum atomic E-state index is -0.446. The van der Waals surface area contributed by atoms with E-state index < -0.39 is 4.92 Å². The normalized spacial score (nSPS) is 10.9. The molecule has 5 aromatic rings. The molecule has 1 N–H and O–H groups in total. The number of nitro groups is 1. The molecule has 0 aliphatic heterocycles. The molecule has 0 bridgehead atoms. The van der Waals surface area contributed by atoms with Crippen molar-refractivity contribution >= 4 is 50.3 Å². The number of amides is 1. The highest BCUT2D eigenvalue weighted by Gasteiger charge is 2.17. The highest BCUT2D eigenvalue weighted by molar-refractivity contribution is 7.14. The molecule has 0 unspecified atom stereocenters. The Kier molecular flexibility index (Phi) is 5.18. The highest BCUT2D eigenvalue weighted by Crippen LogP contribution is 2.30. The minimum absolute atomic E-state index is 0.00884. The molecule has 0 saturated heterocycles. The first kappa shape index (κ1) is 20.0.